The van der Waals surface area contributed by atoms with E-state index in [1.807, 2.05) is 11.4 Å². The number of halogens is 3. The topological polar surface area (TPSA) is 12.0 Å². The Kier molecular flexibility index (Phi) is 4.37. The van der Waals surface area contributed by atoms with Gasteiger partial charge in [-0.05, 0) is 44.9 Å². The molecule has 0 amide bonds. The van der Waals surface area contributed by atoms with Crippen molar-refractivity contribution in [3.05, 3.63) is 62.1 Å². The molecule has 2 aromatic heterocycles. The molecule has 108 valence electrons. The minimum absolute atomic E-state index is 0.280. The Hall–Kier alpha value is -1.24. The Morgan fingerprint density at radius 3 is 2.71 bits per heavy atom. The predicted octanol–water partition coefficient (Wildman–Crippen LogP) is 6.13. The van der Waals surface area contributed by atoms with Crippen LogP contribution in [0.1, 0.15) is 4.88 Å². The zero-order valence-corrected chi connectivity index (χ0v) is 13.9. The van der Waals surface area contributed by atoms with E-state index in [2.05, 4.69) is 38.8 Å². The molecule has 0 radical (unpaired) electrons. The van der Waals surface area contributed by atoms with Gasteiger partial charge in [-0.15, -0.1) is 22.7 Å². The molecule has 1 nitrogen and oxygen atoms in total. The number of benzene rings is 1. The van der Waals surface area contributed by atoms with E-state index in [1.54, 1.807) is 22.7 Å². The van der Waals surface area contributed by atoms with Gasteiger partial charge in [0.25, 0.3) is 0 Å². The summed E-state index contributed by atoms with van der Waals surface area (Å²) in [6.45, 7) is 0.497. The average molecular weight is 386 g/mol. The number of nitrogens with one attached hydrogen (secondary N) is 1. The van der Waals surface area contributed by atoms with Gasteiger partial charge in [0.2, 0.25) is 0 Å². The maximum atomic E-state index is 13.7. The van der Waals surface area contributed by atoms with Gasteiger partial charge >= 0.3 is 0 Å². The van der Waals surface area contributed by atoms with Crippen molar-refractivity contribution >= 4 is 44.3 Å². The first kappa shape index (κ1) is 14.7. The molecular weight excluding hydrogens is 376 g/mol. The average Bonchev–Trinajstić information content (AvgIpc) is 3.08. The smallest absolute Gasteiger partial charge is 0.150 e. The van der Waals surface area contributed by atoms with E-state index in [1.165, 1.54) is 16.5 Å². The summed E-state index contributed by atoms with van der Waals surface area (Å²) >= 11 is 6.47. The lowest BCUT2D eigenvalue weighted by atomic mass is 10.2. The standard InChI is InChI=1S/C15H10BrF2NS2/c16-12-5-10(17)6-13(18)15(12)19-7-11-4-9(8-21-11)14-2-1-3-20-14/h1-6,8,19H,7H2. The third-order valence-electron chi connectivity index (χ3n) is 2.91. The maximum absolute atomic E-state index is 13.7. The number of thiophene rings is 2. The van der Waals surface area contributed by atoms with E-state index >= 15 is 0 Å². The number of rotatable bonds is 4. The molecule has 0 aliphatic carbocycles. The number of hydrogen-bond acceptors (Lipinski definition) is 3. The summed E-state index contributed by atoms with van der Waals surface area (Å²) in [5.41, 5.74) is 1.45. The second-order valence-corrected chi connectivity index (χ2v) is 7.17. The molecule has 0 fully saturated rings. The monoisotopic (exact) mass is 385 g/mol. The fourth-order valence-corrected chi connectivity index (χ4v) is 4.09. The second-order valence-electron chi connectivity index (χ2n) is 4.38. The SMILES string of the molecule is Fc1cc(F)c(NCc2cc(-c3cccs3)cs2)c(Br)c1. The molecule has 1 N–H and O–H groups in total. The summed E-state index contributed by atoms with van der Waals surface area (Å²) in [5, 5.41) is 7.13. The molecule has 0 unspecified atom stereocenters. The quantitative estimate of drug-likeness (QED) is 0.569. The van der Waals surface area contributed by atoms with Gasteiger partial charge in [-0.25, -0.2) is 8.78 Å². The highest BCUT2D eigenvalue weighted by Crippen LogP contribution is 2.31. The van der Waals surface area contributed by atoms with Crippen molar-refractivity contribution in [2.24, 2.45) is 0 Å². The Balaban J connectivity index is 1.74. The minimum atomic E-state index is -0.600. The summed E-state index contributed by atoms with van der Waals surface area (Å²) in [5.74, 6) is -1.20. The van der Waals surface area contributed by atoms with E-state index in [4.69, 9.17) is 0 Å². The summed E-state index contributed by atoms with van der Waals surface area (Å²) < 4.78 is 27.1. The molecule has 0 saturated heterocycles. The Morgan fingerprint density at radius 1 is 1.14 bits per heavy atom. The fourth-order valence-electron chi connectivity index (χ4n) is 1.93. The van der Waals surface area contributed by atoms with Crippen LogP contribution >= 0.6 is 38.6 Å². The van der Waals surface area contributed by atoms with Gasteiger partial charge in [0.15, 0.2) is 0 Å². The summed E-state index contributed by atoms with van der Waals surface area (Å²) in [7, 11) is 0. The van der Waals surface area contributed by atoms with E-state index in [9.17, 15) is 8.78 Å². The van der Waals surface area contributed by atoms with Gasteiger partial charge in [-0.2, -0.15) is 0 Å². The first-order chi connectivity index (χ1) is 10.1. The van der Waals surface area contributed by atoms with Crippen LogP contribution in [0.2, 0.25) is 0 Å². The van der Waals surface area contributed by atoms with E-state index in [0.717, 1.165) is 10.9 Å². The van der Waals surface area contributed by atoms with E-state index in [0.29, 0.717) is 11.0 Å². The Labute approximate surface area is 137 Å². The molecule has 2 heterocycles. The van der Waals surface area contributed by atoms with Crippen LogP contribution in [0.3, 0.4) is 0 Å². The number of anilines is 1. The third-order valence-corrected chi connectivity index (χ3v) is 5.39. The first-order valence-electron chi connectivity index (χ1n) is 6.13. The van der Waals surface area contributed by atoms with Crippen LogP contribution < -0.4 is 5.32 Å². The Bertz CT molecular complexity index is 730. The van der Waals surface area contributed by atoms with Crippen molar-refractivity contribution < 1.29 is 8.78 Å². The lowest BCUT2D eigenvalue weighted by molar-refractivity contribution is 0.583. The second kappa shape index (κ2) is 6.25. The van der Waals surface area contributed by atoms with Crippen molar-refractivity contribution in [3.8, 4) is 10.4 Å². The highest BCUT2D eigenvalue weighted by atomic mass is 79.9. The van der Waals surface area contributed by atoms with Gasteiger partial charge < -0.3 is 5.32 Å². The predicted molar refractivity (Wildman–Crippen MR) is 89.0 cm³/mol. The summed E-state index contributed by atoms with van der Waals surface area (Å²) in [4.78, 5) is 2.31. The molecule has 0 bridgehead atoms. The summed E-state index contributed by atoms with van der Waals surface area (Å²) in [6, 6.07) is 8.29. The van der Waals surface area contributed by atoms with E-state index in [-0.39, 0.29) is 5.69 Å². The highest BCUT2D eigenvalue weighted by molar-refractivity contribution is 9.10. The molecule has 1 aromatic carbocycles. The van der Waals surface area contributed by atoms with Gasteiger partial charge in [0, 0.05) is 32.4 Å². The van der Waals surface area contributed by atoms with Gasteiger partial charge in [-0.1, -0.05) is 6.07 Å². The summed E-state index contributed by atoms with van der Waals surface area (Å²) in [6.07, 6.45) is 0. The third kappa shape index (κ3) is 3.33. The van der Waals surface area contributed by atoms with Crippen LogP contribution in [0.4, 0.5) is 14.5 Å². The highest BCUT2D eigenvalue weighted by Gasteiger charge is 2.10. The molecule has 0 atom stereocenters. The maximum Gasteiger partial charge on any atom is 0.150 e. The molecule has 0 aliphatic rings. The van der Waals surface area contributed by atoms with Crippen LogP contribution in [-0.4, -0.2) is 0 Å². The van der Waals surface area contributed by atoms with Crippen molar-refractivity contribution in [1.29, 1.82) is 0 Å². The largest absolute Gasteiger partial charge is 0.377 e. The van der Waals surface area contributed by atoms with Crippen molar-refractivity contribution in [3.63, 3.8) is 0 Å². The molecule has 3 rings (SSSR count). The van der Waals surface area contributed by atoms with Crippen LogP contribution in [0.25, 0.3) is 10.4 Å². The van der Waals surface area contributed by atoms with Gasteiger partial charge in [0.1, 0.15) is 11.6 Å². The van der Waals surface area contributed by atoms with Crippen LogP contribution in [0, 0.1) is 11.6 Å². The zero-order chi connectivity index (χ0) is 14.8. The van der Waals surface area contributed by atoms with Gasteiger partial charge in [-0.3, -0.25) is 0 Å². The molecule has 0 aliphatic heterocycles. The molecule has 0 spiro atoms. The fraction of sp³-hybridized carbons (Fsp3) is 0.0667. The van der Waals surface area contributed by atoms with Crippen LogP contribution in [0.15, 0.2) is 45.6 Å². The van der Waals surface area contributed by atoms with Crippen LogP contribution in [-0.2, 0) is 6.54 Å². The molecule has 3 aromatic rings. The van der Waals surface area contributed by atoms with Crippen molar-refractivity contribution in [2.75, 3.05) is 5.32 Å². The normalized spacial score (nSPS) is 10.8. The van der Waals surface area contributed by atoms with Crippen LogP contribution in [0.5, 0.6) is 0 Å². The molecule has 0 saturated carbocycles. The molecule has 6 heteroatoms. The van der Waals surface area contributed by atoms with Crippen molar-refractivity contribution in [2.45, 2.75) is 6.54 Å². The van der Waals surface area contributed by atoms with E-state index < -0.39 is 11.6 Å². The minimum Gasteiger partial charge on any atom is -0.377 e. The first-order valence-corrected chi connectivity index (χ1v) is 8.68. The van der Waals surface area contributed by atoms with Gasteiger partial charge in [0.05, 0.1) is 5.69 Å². The molecular formula is C15H10BrF2NS2. The lowest BCUT2D eigenvalue weighted by Crippen LogP contribution is -2.01. The Morgan fingerprint density at radius 2 is 2.00 bits per heavy atom. The molecule has 21 heavy (non-hydrogen) atoms. The zero-order valence-electron chi connectivity index (χ0n) is 10.7. The lowest BCUT2D eigenvalue weighted by Gasteiger charge is -2.08. The number of hydrogen-bond donors (Lipinski definition) is 1. The van der Waals surface area contributed by atoms with Crippen molar-refractivity contribution in [1.82, 2.24) is 0 Å².